The summed E-state index contributed by atoms with van der Waals surface area (Å²) in [5.74, 6) is 0.126. The van der Waals surface area contributed by atoms with Gasteiger partial charge in [0.25, 0.3) is 0 Å². The van der Waals surface area contributed by atoms with Gasteiger partial charge < -0.3 is 9.84 Å². The third-order valence-corrected chi connectivity index (χ3v) is 2.94. The topological polar surface area (TPSA) is 29.5 Å². The predicted molar refractivity (Wildman–Crippen MR) is 71.3 cm³/mol. The van der Waals surface area contributed by atoms with Crippen molar-refractivity contribution in [2.45, 2.75) is 52.1 Å². The van der Waals surface area contributed by atoms with Crippen molar-refractivity contribution in [3.63, 3.8) is 0 Å². The van der Waals surface area contributed by atoms with Crippen LogP contribution in [-0.4, -0.2) is 11.7 Å². The van der Waals surface area contributed by atoms with Crippen LogP contribution in [0.5, 0.6) is 5.75 Å². The van der Waals surface area contributed by atoms with Crippen molar-refractivity contribution in [3.8, 4) is 5.75 Å². The molecule has 3 heteroatoms. The Morgan fingerprint density at radius 1 is 1.22 bits per heavy atom. The smallest absolute Gasteiger partial charge is 0.132 e. The first-order chi connectivity index (χ1) is 8.65. The van der Waals surface area contributed by atoms with E-state index in [1.54, 1.807) is 19.1 Å². The fourth-order valence-corrected chi connectivity index (χ4v) is 1.83. The first-order valence-electron chi connectivity index (χ1n) is 6.75. The summed E-state index contributed by atoms with van der Waals surface area (Å²) in [5, 5.41) is 9.31. The lowest BCUT2D eigenvalue weighted by atomic mass is 10.1. The Bertz CT molecular complexity index is 350. The molecule has 0 aliphatic rings. The molecule has 1 atom stereocenters. The van der Waals surface area contributed by atoms with Gasteiger partial charge in [-0.15, -0.1) is 0 Å². The van der Waals surface area contributed by atoms with Gasteiger partial charge in [0.05, 0.1) is 12.7 Å². The molecule has 0 saturated carbocycles. The van der Waals surface area contributed by atoms with E-state index in [9.17, 15) is 9.50 Å². The highest BCUT2D eigenvalue weighted by atomic mass is 19.1. The second kappa shape index (κ2) is 8.09. The zero-order chi connectivity index (χ0) is 13.4. The van der Waals surface area contributed by atoms with Gasteiger partial charge in [-0.05, 0) is 25.5 Å². The average molecular weight is 254 g/mol. The van der Waals surface area contributed by atoms with E-state index >= 15 is 0 Å². The van der Waals surface area contributed by atoms with Crippen LogP contribution in [0.2, 0.25) is 0 Å². The first kappa shape index (κ1) is 15.0. The Hall–Kier alpha value is -1.09. The van der Waals surface area contributed by atoms with Crippen LogP contribution in [0.3, 0.4) is 0 Å². The summed E-state index contributed by atoms with van der Waals surface area (Å²) in [4.78, 5) is 0. The Morgan fingerprint density at radius 3 is 2.56 bits per heavy atom. The van der Waals surface area contributed by atoms with Gasteiger partial charge in [-0.2, -0.15) is 0 Å². The lowest BCUT2D eigenvalue weighted by Crippen LogP contribution is -2.00. The maximum atomic E-state index is 13.5. The minimum absolute atomic E-state index is 0.310. The molecule has 1 aromatic carbocycles. The van der Waals surface area contributed by atoms with E-state index < -0.39 is 11.9 Å². The van der Waals surface area contributed by atoms with Crippen molar-refractivity contribution in [2.24, 2.45) is 0 Å². The SMILES string of the molecule is CCCCCCCOc1ccc([C@@H](C)O)c(F)c1. The van der Waals surface area contributed by atoms with Crippen molar-refractivity contribution in [2.75, 3.05) is 6.61 Å². The molecule has 2 nitrogen and oxygen atoms in total. The van der Waals surface area contributed by atoms with Gasteiger partial charge in [0.1, 0.15) is 11.6 Å². The van der Waals surface area contributed by atoms with Crippen LogP contribution in [-0.2, 0) is 0 Å². The molecule has 0 spiro atoms. The van der Waals surface area contributed by atoms with Crippen LogP contribution in [0, 0.1) is 5.82 Å². The van der Waals surface area contributed by atoms with E-state index in [1.807, 2.05) is 0 Å². The van der Waals surface area contributed by atoms with Crippen molar-refractivity contribution in [1.29, 1.82) is 0 Å². The maximum Gasteiger partial charge on any atom is 0.132 e. The van der Waals surface area contributed by atoms with Gasteiger partial charge >= 0.3 is 0 Å². The third-order valence-electron chi connectivity index (χ3n) is 2.94. The number of hydrogen-bond acceptors (Lipinski definition) is 2. The maximum absolute atomic E-state index is 13.5. The lowest BCUT2D eigenvalue weighted by Gasteiger charge is -2.10. The van der Waals surface area contributed by atoms with E-state index in [1.165, 1.54) is 25.3 Å². The first-order valence-corrected chi connectivity index (χ1v) is 6.75. The largest absolute Gasteiger partial charge is 0.493 e. The standard InChI is InChI=1S/C15H23FO2/c1-3-4-5-6-7-10-18-13-8-9-14(12(2)17)15(16)11-13/h8-9,11-12,17H,3-7,10H2,1-2H3/t12-/m1/s1. The molecule has 0 fully saturated rings. The Labute approximate surface area is 109 Å². The van der Waals surface area contributed by atoms with Crippen molar-refractivity contribution < 1.29 is 14.2 Å². The lowest BCUT2D eigenvalue weighted by molar-refractivity contribution is 0.194. The zero-order valence-corrected chi connectivity index (χ0v) is 11.3. The van der Waals surface area contributed by atoms with Crippen molar-refractivity contribution in [3.05, 3.63) is 29.6 Å². The molecule has 1 N–H and O–H groups in total. The molecule has 102 valence electrons. The van der Waals surface area contributed by atoms with E-state index in [4.69, 9.17) is 4.74 Å². The molecule has 0 radical (unpaired) electrons. The molecule has 0 aliphatic carbocycles. The van der Waals surface area contributed by atoms with Gasteiger partial charge in [0, 0.05) is 11.6 Å². The van der Waals surface area contributed by atoms with Gasteiger partial charge in [0.15, 0.2) is 0 Å². The van der Waals surface area contributed by atoms with Gasteiger partial charge in [-0.25, -0.2) is 4.39 Å². The number of unbranched alkanes of at least 4 members (excludes halogenated alkanes) is 4. The van der Waals surface area contributed by atoms with E-state index in [2.05, 4.69) is 6.92 Å². The summed E-state index contributed by atoms with van der Waals surface area (Å²) in [6.45, 7) is 4.35. The highest BCUT2D eigenvalue weighted by molar-refractivity contribution is 5.29. The van der Waals surface area contributed by atoms with Crippen LogP contribution >= 0.6 is 0 Å². The molecule has 1 rings (SSSR count). The summed E-state index contributed by atoms with van der Waals surface area (Å²) >= 11 is 0. The van der Waals surface area contributed by atoms with Crippen LogP contribution < -0.4 is 4.74 Å². The van der Waals surface area contributed by atoms with E-state index in [0.717, 1.165) is 12.8 Å². The minimum atomic E-state index is -0.784. The van der Waals surface area contributed by atoms with Crippen LogP contribution in [0.15, 0.2) is 18.2 Å². The molecular formula is C15H23FO2. The van der Waals surface area contributed by atoms with Gasteiger partial charge in [-0.3, -0.25) is 0 Å². The second-order valence-electron chi connectivity index (χ2n) is 4.62. The highest BCUT2D eigenvalue weighted by Gasteiger charge is 2.08. The number of rotatable bonds is 8. The molecule has 0 amide bonds. The molecule has 0 heterocycles. The van der Waals surface area contributed by atoms with Crippen molar-refractivity contribution in [1.82, 2.24) is 0 Å². The normalized spacial score (nSPS) is 12.4. The molecule has 0 aliphatic heterocycles. The fraction of sp³-hybridized carbons (Fsp3) is 0.600. The molecule has 0 aromatic heterocycles. The Morgan fingerprint density at radius 2 is 1.94 bits per heavy atom. The van der Waals surface area contributed by atoms with Crippen molar-refractivity contribution >= 4 is 0 Å². The zero-order valence-electron chi connectivity index (χ0n) is 11.3. The molecule has 18 heavy (non-hydrogen) atoms. The third kappa shape index (κ3) is 5.05. The summed E-state index contributed by atoms with van der Waals surface area (Å²) in [6, 6.07) is 4.62. The van der Waals surface area contributed by atoms with Crippen LogP contribution in [0.4, 0.5) is 4.39 Å². The number of hydrogen-bond donors (Lipinski definition) is 1. The number of aliphatic hydroxyl groups is 1. The van der Waals surface area contributed by atoms with Crippen LogP contribution in [0.25, 0.3) is 0 Å². The number of ether oxygens (including phenoxy) is 1. The molecule has 1 aromatic rings. The quantitative estimate of drug-likeness (QED) is 0.703. The molecule has 0 bridgehead atoms. The Kier molecular flexibility index (Phi) is 6.73. The summed E-state index contributed by atoms with van der Waals surface area (Å²) in [5.41, 5.74) is 0.310. The average Bonchev–Trinajstić information content (AvgIpc) is 2.33. The molecular weight excluding hydrogens is 231 g/mol. The van der Waals surface area contributed by atoms with E-state index in [0.29, 0.717) is 17.9 Å². The minimum Gasteiger partial charge on any atom is -0.493 e. The number of benzene rings is 1. The van der Waals surface area contributed by atoms with Gasteiger partial charge in [0.2, 0.25) is 0 Å². The fourth-order valence-electron chi connectivity index (χ4n) is 1.83. The summed E-state index contributed by atoms with van der Waals surface area (Å²) < 4.78 is 19.0. The number of aliphatic hydroxyl groups excluding tert-OH is 1. The van der Waals surface area contributed by atoms with E-state index in [-0.39, 0.29) is 0 Å². The van der Waals surface area contributed by atoms with Gasteiger partial charge in [-0.1, -0.05) is 32.6 Å². The number of halogens is 1. The second-order valence-corrected chi connectivity index (χ2v) is 4.62. The molecule has 0 unspecified atom stereocenters. The highest BCUT2D eigenvalue weighted by Crippen LogP contribution is 2.21. The Balaban J connectivity index is 2.33. The monoisotopic (exact) mass is 254 g/mol. The predicted octanol–water partition coefficient (Wildman–Crippen LogP) is 4.23. The summed E-state index contributed by atoms with van der Waals surface area (Å²) in [7, 11) is 0. The van der Waals surface area contributed by atoms with Crippen LogP contribution in [0.1, 0.15) is 57.6 Å². The summed E-state index contributed by atoms with van der Waals surface area (Å²) in [6.07, 6.45) is 5.09. The molecule has 0 saturated heterocycles.